The first kappa shape index (κ1) is 15.5. The Kier molecular flexibility index (Phi) is 5.36. The highest BCUT2D eigenvalue weighted by atomic mass is 16.1. The van der Waals surface area contributed by atoms with Crippen LogP contribution in [0.5, 0.6) is 0 Å². The fraction of sp³-hybridized carbons (Fsp3) is 0.667. The number of primary amides is 1. The van der Waals surface area contributed by atoms with Gasteiger partial charge in [0.05, 0.1) is 0 Å². The maximum Gasteiger partial charge on any atom is 0.220 e. The molecular formula is C15H25N5O. The van der Waals surface area contributed by atoms with Gasteiger partial charge in [0.1, 0.15) is 18.0 Å². The largest absolute Gasteiger partial charge is 0.370 e. The standard InChI is InChI=1S/C15H25N5O/c1-3-7-17-14-12(4-2)15(19-10-18-14)20-8-5-11(6-9-20)13(16)21/h10-11H,3-9H2,1-2H3,(H2,16,21)(H,17,18,19). The number of rotatable bonds is 6. The first-order chi connectivity index (χ1) is 10.2. The Balaban J connectivity index is 2.14. The van der Waals surface area contributed by atoms with Crippen molar-refractivity contribution < 1.29 is 4.79 Å². The molecule has 0 spiro atoms. The number of carbonyl (C=O) groups is 1. The van der Waals surface area contributed by atoms with Crippen molar-refractivity contribution >= 4 is 17.5 Å². The second-order valence-corrected chi connectivity index (χ2v) is 5.47. The van der Waals surface area contributed by atoms with Crippen LogP contribution in [0.3, 0.4) is 0 Å². The molecule has 1 aromatic rings. The van der Waals surface area contributed by atoms with Crippen LogP contribution in [0.1, 0.15) is 38.7 Å². The minimum absolute atomic E-state index is 0.00542. The van der Waals surface area contributed by atoms with Gasteiger partial charge in [-0.2, -0.15) is 0 Å². The van der Waals surface area contributed by atoms with Crippen molar-refractivity contribution in [2.24, 2.45) is 11.7 Å². The molecule has 6 nitrogen and oxygen atoms in total. The fourth-order valence-corrected chi connectivity index (χ4v) is 2.77. The molecule has 0 aliphatic carbocycles. The first-order valence-electron chi connectivity index (χ1n) is 7.79. The lowest BCUT2D eigenvalue weighted by Crippen LogP contribution is -2.39. The predicted molar refractivity (Wildman–Crippen MR) is 84.3 cm³/mol. The Bertz CT molecular complexity index is 483. The number of piperidine rings is 1. The summed E-state index contributed by atoms with van der Waals surface area (Å²) >= 11 is 0. The van der Waals surface area contributed by atoms with Crippen LogP contribution in [-0.4, -0.2) is 35.5 Å². The van der Waals surface area contributed by atoms with Gasteiger partial charge in [-0.15, -0.1) is 0 Å². The van der Waals surface area contributed by atoms with Crippen LogP contribution < -0.4 is 16.0 Å². The van der Waals surface area contributed by atoms with Crippen molar-refractivity contribution in [3.05, 3.63) is 11.9 Å². The van der Waals surface area contributed by atoms with Gasteiger partial charge in [0, 0.05) is 31.1 Å². The molecule has 0 aromatic carbocycles. The van der Waals surface area contributed by atoms with Crippen molar-refractivity contribution in [2.75, 3.05) is 29.9 Å². The van der Waals surface area contributed by atoms with E-state index in [1.807, 2.05) is 0 Å². The van der Waals surface area contributed by atoms with E-state index in [2.05, 4.69) is 34.0 Å². The van der Waals surface area contributed by atoms with Gasteiger partial charge in [0.25, 0.3) is 0 Å². The van der Waals surface area contributed by atoms with Crippen LogP contribution >= 0.6 is 0 Å². The molecule has 21 heavy (non-hydrogen) atoms. The Hall–Kier alpha value is -1.85. The third-order valence-corrected chi connectivity index (χ3v) is 4.02. The highest BCUT2D eigenvalue weighted by molar-refractivity contribution is 5.77. The lowest BCUT2D eigenvalue weighted by molar-refractivity contribution is -0.122. The second-order valence-electron chi connectivity index (χ2n) is 5.47. The van der Waals surface area contributed by atoms with E-state index >= 15 is 0 Å². The predicted octanol–water partition coefficient (Wildman–Crippen LogP) is 1.56. The summed E-state index contributed by atoms with van der Waals surface area (Å²) < 4.78 is 0. The van der Waals surface area contributed by atoms with Crippen LogP contribution in [0.2, 0.25) is 0 Å². The summed E-state index contributed by atoms with van der Waals surface area (Å²) in [6.07, 6.45) is 5.18. The number of hydrogen-bond acceptors (Lipinski definition) is 5. The van der Waals surface area contributed by atoms with Crippen LogP contribution in [0.25, 0.3) is 0 Å². The molecule has 1 aliphatic heterocycles. The summed E-state index contributed by atoms with van der Waals surface area (Å²) in [5.74, 6) is 1.75. The highest BCUT2D eigenvalue weighted by Crippen LogP contribution is 2.28. The summed E-state index contributed by atoms with van der Waals surface area (Å²) in [6, 6.07) is 0. The van der Waals surface area contributed by atoms with Gasteiger partial charge in [0.15, 0.2) is 0 Å². The summed E-state index contributed by atoms with van der Waals surface area (Å²) in [4.78, 5) is 22.3. The summed E-state index contributed by atoms with van der Waals surface area (Å²) in [6.45, 7) is 6.81. The van der Waals surface area contributed by atoms with Gasteiger partial charge in [-0.25, -0.2) is 9.97 Å². The zero-order chi connectivity index (χ0) is 15.2. The molecule has 1 fully saturated rings. The molecular weight excluding hydrogens is 266 g/mol. The molecule has 0 saturated carbocycles. The minimum atomic E-state index is -0.182. The number of nitrogens with one attached hydrogen (secondary N) is 1. The lowest BCUT2D eigenvalue weighted by atomic mass is 9.96. The third kappa shape index (κ3) is 3.62. The van der Waals surface area contributed by atoms with Crippen molar-refractivity contribution in [3.63, 3.8) is 0 Å². The maximum absolute atomic E-state index is 11.3. The zero-order valence-corrected chi connectivity index (χ0v) is 12.9. The molecule has 1 saturated heterocycles. The summed E-state index contributed by atoms with van der Waals surface area (Å²) in [5.41, 5.74) is 6.55. The quantitative estimate of drug-likeness (QED) is 0.831. The molecule has 0 bridgehead atoms. The second kappa shape index (κ2) is 7.24. The number of amides is 1. The van der Waals surface area contributed by atoms with Gasteiger partial charge in [0.2, 0.25) is 5.91 Å². The molecule has 2 heterocycles. The number of anilines is 2. The molecule has 0 atom stereocenters. The van der Waals surface area contributed by atoms with Crippen LogP contribution in [0.15, 0.2) is 6.33 Å². The molecule has 1 aromatic heterocycles. The smallest absolute Gasteiger partial charge is 0.220 e. The molecule has 1 amide bonds. The zero-order valence-electron chi connectivity index (χ0n) is 12.9. The van der Waals surface area contributed by atoms with E-state index in [1.54, 1.807) is 6.33 Å². The van der Waals surface area contributed by atoms with Crippen LogP contribution in [0, 0.1) is 5.92 Å². The van der Waals surface area contributed by atoms with Crippen LogP contribution in [0.4, 0.5) is 11.6 Å². The van der Waals surface area contributed by atoms with Gasteiger partial charge >= 0.3 is 0 Å². The molecule has 116 valence electrons. The van der Waals surface area contributed by atoms with E-state index in [4.69, 9.17) is 5.73 Å². The van der Waals surface area contributed by atoms with Crippen molar-refractivity contribution in [2.45, 2.75) is 39.5 Å². The number of hydrogen-bond donors (Lipinski definition) is 2. The Morgan fingerprint density at radius 3 is 2.67 bits per heavy atom. The van der Waals surface area contributed by atoms with Crippen molar-refractivity contribution in [1.82, 2.24) is 9.97 Å². The SMILES string of the molecule is CCCNc1ncnc(N2CCC(C(N)=O)CC2)c1CC. The van der Waals surface area contributed by atoms with Crippen molar-refractivity contribution in [1.29, 1.82) is 0 Å². The topological polar surface area (TPSA) is 84.1 Å². The number of nitrogens with zero attached hydrogens (tertiary/aromatic N) is 3. The average molecular weight is 291 g/mol. The monoisotopic (exact) mass is 291 g/mol. The van der Waals surface area contributed by atoms with E-state index in [-0.39, 0.29) is 11.8 Å². The highest BCUT2D eigenvalue weighted by Gasteiger charge is 2.25. The minimum Gasteiger partial charge on any atom is -0.370 e. The molecule has 1 aliphatic rings. The molecule has 0 radical (unpaired) electrons. The molecule has 6 heteroatoms. The lowest BCUT2D eigenvalue weighted by Gasteiger charge is -2.32. The Labute approximate surface area is 126 Å². The number of carbonyl (C=O) groups excluding carboxylic acids is 1. The van der Waals surface area contributed by atoms with Gasteiger partial charge in [-0.05, 0) is 25.7 Å². The van der Waals surface area contributed by atoms with E-state index < -0.39 is 0 Å². The van der Waals surface area contributed by atoms with E-state index in [0.717, 1.165) is 62.5 Å². The Morgan fingerprint density at radius 2 is 2.10 bits per heavy atom. The van der Waals surface area contributed by atoms with E-state index in [0.29, 0.717) is 0 Å². The first-order valence-corrected chi connectivity index (χ1v) is 7.79. The molecule has 0 unspecified atom stereocenters. The van der Waals surface area contributed by atoms with Crippen molar-refractivity contribution in [3.8, 4) is 0 Å². The third-order valence-electron chi connectivity index (χ3n) is 4.02. The summed E-state index contributed by atoms with van der Waals surface area (Å²) in [7, 11) is 0. The van der Waals surface area contributed by atoms with Crippen LogP contribution in [-0.2, 0) is 11.2 Å². The normalized spacial score (nSPS) is 16.0. The average Bonchev–Trinajstić information content (AvgIpc) is 2.52. The van der Waals surface area contributed by atoms with Gasteiger partial charge in [-0.1, -0.05) is 13.8 Å². The maximum atomic E-state index is 11.3. The number of nitrogens with two attached hydrogens (primary N) is 1. The fourth-order valence-electron chi connectivity index (χ4n) is 2.77. The number of aromatic nitrogens is 2. The molecule has 2 rings (SSSR count). The molecule has 3 N–H and O–H groups in total. The summed E-state index contributed by atoms with van der Waals surface area (Å²) in [5, 5.41) is 3.37. The van der Waals surface area contributed by atoms with E-state index in [1.165, 1.54) is 0 Å². The van der Waals surface area contributed by atoms with E-state index in [9.17, 15) is 4.79 Å². The van der Waals surface area contributed by atoms with Gasteiger partial charge < -0.3 is 16.0 Å². The Morgan fingerprint density at radius 1 is 1.38 bits per heavy atom. The van der Waals surface area contributed by atoms with Gasteiger partial charge in [-0.3, -0.25) is 4.79 Å².